The minimum atomic E-state index is -0.742. The summed E-state index contributed by atoms with van der Waals surface area (Å²) in [5, 5.41) is 6.77. The maximum atomic E-state index is 15.1. The van der Waals surface area contributed by atoms with Gasteiger partial charge < -0.3 is 14.5 Å². The normalized spacial score (nSPS) is 11.1. The summed E-state index contributed by atoms with van der Waals surface area (Å²) in [4.78, 5) is 30.0. The number of nitrogens with zero attached hydrogens (tertiary/aromatic N) is 4. The lowest BCUT2D eigenvalue weighted by Gasteiger charge is -2.13. The molecule has 0 aliphatic rings. The van der Waals surface area contributed by atoms with Gasteiger partial charge >= 0.3 is 0 Å². The van der Waals surface area contributed by atoms with Crippen LogP contribution in [0.4, 0.5) is 14.5 Å². The molecule has 1 N–H and O–H groups in total. The van der Waals surface area contributed by atoms with Crippen molar-refractivity contribution in [2.24, 2.45) is 0 Å². The van der Waals surface area contributed by atoms with Gasteiger partial charge in [-0.2, -0.15) is 5.10 Å². The number of rotatable bonds is 6. The summed E-state index contributed by atoms with van der Waals surface area (Å²) >= 11 is 0. The Labute approximate surface area is 224 Å². The van der Waals surface area contributed by atoms with Crippen LogP contribution in [0.25, 0.3) is 22.5 Å². The van der Waals surface area contributed by atoms with Crippen molar-refractivity contribution >= 4 is 17.1 Å². The Morgan fingerprint density at radius 2 is 1.82 bits per heavy atom. The van der Waals surface area contributed by atoms with Gasteiger partial charge in [0.25, 0.3) is 11.5 Å². The van der Waals surface area contributed by atoms with Gasteiger partial charge in [0, 0.05) is 34.9 Å². The molecule has 40 heavy (non-hydrogen) atoms. The first-order chi connectivity index (χ1) is 19.4. The van der Waals surface area contributed by atoms with E-state index in [1.165, 1.54) is 59.6 Å². The average molecular weight is 539 g/mol. The number of benzene rings is 2. The van der Waals surface area contributed by atoms with Crippen LogP contribution in [0.3, 0.4) is 0 Å². The molecule has 0 spiro atoms. The fraction of sp³-hybridized carbons (Fsp3) is 0.0345. The highest BCUT2D eigenvalue weighted by Gasteiger charge is 2.17. The third kappa shape index (κ3) is 4.60. The molecule has 0 unspecified atom stereocenters. The molecular weight excluding hydrogens is 520 g/mol. The van der Waals surface area contributed by atoms with Gasteiger partial charge in [0.2, 0.25) is 0 Å². The highest BCUT2D eigenvalue weighted by molar-refractivity contribution is 6.04. The molecule has 0 atom stereocenters. The van der Waals surface area contributed by atoms with Crippen LogP contribution in [0, 0.1) is 18.6 Å². The number of anilines is 1. The molecule has 4 heterocycles. The number of aromatic nitrogens is 4. The maximum absolute atomic E-state index is 15.1. The number of nitrogens with one attached hydrogen (secondary N) is 1. The Bertz CT molecular complexity index is 1930. The minimum Gasteiger partial charge on any atom is -0.452 e. The van der Waals surface area contributed by atoms with E-state index in [1.54, 1.807) is 42.0 Å². The van der Waals surface area contributed by atoms with Gasteiger partial charge in [0.05, 0.1) is 12.4 Å². The highest BCUT2D eigenvalue weighted by Crippen LogP contribution is 2.33. The number of aryl methyl sites for hydroxylation is 1. The quantitative estimate of drug-likeness (QED) is 0.288. The van der Waals surface area contributed by atoms with Gasteiger partial charge in [-0.25, -0.2) is 18.3 Å². The second-order valence-corrected chi connectivity index (χ2v) is 8.83. The zero-order valence-electron chi connectivity index (χ0n) is 20.8. The first-order valence-electron chi connectivity index (χ1n) is 12.0. The number of carbonyl (C=O) groups is 1. The number of pyridine rings is 2. The number of oxazole rings is 1. The molecule has 4 aromatic heterocycles. The van der Waals surface area contributed by atoms with E-state index in [0.29, 0.717) is 34.0 Å². The molecule has 0 saturated carbocycles. The van der Waals surface area contributed by atoms with E-state index < -0.39 is 23.1 Å². The maximum Gasteiger partial charge on any atom is 0.268 e. The van der Waals surface area contributed by atoms with Crippen LogP contribution in [0.5, 0.6) is 11.5 Å². The molecule has 1 amide bonds. The highest BCUT2D eigenvalue weighted by atomic mass is 19.1. The molecule has 0 aliphatic carbocycles. The van der Waals surface area contributed by atoms with E-state index in [-0.39, 0.29) is 17.0 Å². The number of hydrogen-bond donors (Lipinski definition) is 1. The van der Waals surface area contributed by atoms with Crippen LogP contribution >= 0.6 is 0 Å². The zero-order chi connectivity index (χ0) is 27.8. The van der Waals surface area contributed by atoms with Crippen molar-refractivity contribution in [3.8, 4) is 28.5 Å². The van der Waals surface area contributed by atoms with Gasteiger partial charge in [-0.3, -0.25) is 14.2 Å². The summed E-state index contributed by atoms with van der Waals surface area (Å²) in [6, 6.07) is 15.6. The molecule has 9 nitrogen and oxygen atoms in total. The average Bonchev–Trinajstić information content (AvgIpc) is 3.64. The van der Waals surface area contributed by atoms with Crippen molar-refractivity contribution < 1.29 is 22.7 Å². The Hall–Kier alpha value is -5.58. The van der Waals surface area contributed by atoms with E-state index >= 15 is 4.39 Å². The summed E-state index contributed by atoms with van der Waals surface area (Å²) in [5.41, 5.74) is 1.54. The molecule has 0 radical (unpaired) electrons. The van der Waals surface area contributed by atoms with Gasteiger partial charge in [0.1, 0.15) is 16.9 Å². The standard InChI is InChI=1S/C29H19F2N5O4/c1-17-2-8-22(29(38)36(17)21-6-3-19(30)4-7-21)28(37)34-20-5-9-25(23(31)13-20)40-26-12-18(27-14-32-16-39-27)15-35-24(26)10-11-33-35/h2-16H,1H3,(H,34,37). The fourth-order valence-corrected chi connectivity index (χ4v) is 4.26. The fourth-order valence-electron chi connectivity index (χ4n) is 4.26. The Morgan fingerprint density at radius 1 is 1.00 bits per heavy atom. The molecule has 198 valence electrons. The van der Waals surface area contributed by atoms with Crippen LogP contribution < -0.4 is 15.6 Å². The largest absolute Gasteiger partial charge is 0.452 e. The van der Waals surface area contributed by atoms with Crippen molar-refractivity contribution in [1.29, 1.82) is 0 Å². The Balaban J connectivity index is 1.26. The summed E-state index contributed by atoms with van der Waals surface area (Å²) < 4.78 is 42.6. The molecule has 6 aromatic rings. The van der Waals surface area contributed by atoms with Gasteiger partial charge in [-0.1, -0.05) is 0 Å². The Morgan fingerprint density at radius 3 is 2.58 bits per heavy atom. The number of carbonyl (C=O) groups excluding carboxylic acids is 1. The van der Waals surface area contributed by atoms with Crippen molar-refractivity contribution in [3.63, 3.8) is 0 Å². The lowest BCUT2D eigenvalue weighted by atomic mass is 10.2. The SMILES string of the molecule is Cc1ccc(C(=O)Nc2ccc(Oc3cc(-c4cnco4)cn4nccc34)c(F)c2)c(=O)n1-c1ccc(F)cc1. The summed E-state index contributed by atoms with van der Waals surface area (Å²) in [5.74, 6) is -1.21. The molecule has 0 bridgehead atoms. The molecule has 6 rings (SSSR count). The summed E-state index contributed by atoms with van der Waals surface area (Å²) in [6.45, 7) is 1.69. The Kier molecular flexibility index (Phi) is 6.15. The molecule has 0 saturated heterocycles. The van der Waals surface area contributed by atoms with Gasteiger partial charge in [0.15, 0.2) is 29.5 Å². The molecular formula is C29H19F2N5O4. The molecule has 0 aliphatic heterocycles. The lowest BCUT2D eigenvalue weighted by Crippen LogP contribution is -2.29. The number of hydrogen-bond acceptors (Lipinski definition) is 6. The minimum absolute atomic E-state index is 0.0928. The number of ether oxygens (including phenoxy) is 1. The van der Waals surface area contributed by atoms with Crippen molar-refractivity contribution in [2.45, 2.75) is 6.92 Å². The van der Waals surface area contributed by atoms with Crippen molar-refractivity contribution in [2.75, 3.05) is 5.32 Å². The van der Waals surface area contributed by atoms with Crippen molar-refractivity contribution in [1.82, 2.24) is 19.2 Å². The number of amides is 1. The summed E-state index contributed by atoms with van der Waals surface area (Å²) in [7, 11) is 0. The lowest BCUT2D eigenvalue weighted by molar-refractivity contribution is 0.102. The van der Waals surface area contributed by atoms with E-state index in [0.717, 1.165) is 6.07 Å². The third-order valence-corrected chi connectivity index (χ3v) is 6.20. The number of halogens is 2. The van der Waals surface area contributed by atoms with Gasteiger partial charge in [-0.15, -0.1) is 0 Å². The predicted octanol–water partition coefficient (Wildman–Crippen LogP) is 5.77. The third-order valence-electron chi connectivity index (χ3n) is 6.20. The second-order valence-electron chi connectivity index (χ2n) is 8.83. The predicted molar refractivity (Wildman–Crippen MR) is 142 cm³/mol. The van der Waals surface area contributed by atoms with Crippen LogP contribution in [-0.2, 0) is 0 Å². The van der Waals surface area contributed by atoms with Crippen molar-refractivity contribution in [3.05, 3.63) is 125 Å². The van der Waals surface area contributed by atoms with E-state index in [9.17, 15) is 14.0 Å². The van der Waals surface area contributed by atoms with Crippen LogP contribution in [-0.4, -0.2) is 25.1 Å². The van der Waals surface area contributed by atoms with Crippen LogP contribution in [0.1, 0.15) is 16.1 Å². The second kappa shape index (κ2) is 9.95. The smallest absolute Gasteiger partial charge is 0.268 e. The first-order valence-corrected chi connectivity index (χ1v) is 12.0. The summed E-state index contributed by atoms with van der Waals surface area (Å²) in [6.07, 6.45) is 6.14. The van der Waals surface area contributed by atoms with E-state index in [1.807, 2.05) is 0 Å². The molecule has 0 fully saturated rings. The zero-order valence-corrected chi connectivity index (χ0v) is 20.8. The topological polar surface area (TPSA) is 104 Å². The van der Waals surface area contributed by atoms with Gasteiger partial charge in [-0.05, 0) is 67.6 Å². The molecule has 11 heteroatoms. The van der Waals surface area contributed by atoms with E-state index in [4.69, 9.17) is 9.15 Å². The first kappa shape index (κ1) is 24.7. The van der Waals surface area contributed by atoms with Crippen LogP contribution in [0.2, 0.25) is 0 Å². The van der Waals surface area contributed by atoms with Crippen LogP contribution in [0.15, 0.2) is 101 Å². The molecule has 2 aromatic carbocycles. The van der Waals surface area contributed by atoms with E-state index in [2.05, 4.69) is 15.4 Å². The number of fused-ring (bicyclic) bond motifs is 1. The monoisotopic (exact) mass is 539 g/mol.